The molecule has 5 heteroatoms. The molecule has 0 atom stereocenters. The molecule has 0 unspecified atom stereocenters. The molecule has 2 heterocycles. The molecular formula is C46H76N2O3. The van der Waals surface area contributed by atoms with Crippen molar-refractivity contribution in [2.24, 2.45) is 0 Å². The highest BCUT2D eigenvalue weighted by atomic mass is 16.8. The van der Waals surface area contributed by atoms with Crippen LogP contribution in [-0.4, -0.2) is 44.5 Å². The molecule has 0 aliphatic carbocycles. The van der Waals surface area contributed by atoms with E-state index >= 15 is 0 Å². The summed E-state index contributed by atoms with van der Waals surface area (Å²) in [6, 6.07) is 21.2. The summed E-state index contributed by atoms with van der Waals surface area (Å²) in [5.41, 5.74) is -0.455. The second kappa shape index (κ2) is 19.8. The molecule has 2 aliphatic rings. The van der Waals surface area contributed by atoms with E-state index in [1.807, 2.05) is 0 Å². The summed E-state index contributed by atoms with van der Waals surface area (Å²) >= 11 is 0. The largest absolute Gasteiger partial charge is 0.490 e. The number of benzene rings is 2. The molecule has 2 aliphatic heterocycles. The van der Waals surface area contributed by atoms with Gasteiger partial charge in [0, 0.05) is 25.7 Å². The van der Waals surface area contributed by atoms with E-state index in [1.165, 1.54) is 0 Å². The van der Waals surface area contributed by atoms with E-state index in [9.17, 15) is 0 Å². The zero-order valence-corrected chi connectivity index (χ0v) is 34.2. The summed E-state index contributed by atoms with van der Waals surface area (Å²) in [6.07, 6.45) is 22.2. The number of nitrogens with zero attached hydrogens (tertiary/aromatic N) is 2. The third-order valence-electron chi connectivity index (χ3n) is 12.1. The Bertz CT molecular complexity index is 1060. The maximum atomic E-state index is 8.17. The minimum atomic E-state index is -0.114. The first-order valence-electron chi connectivity index (χ1n) is 21.5. The molecule has 0 saturated carbocycles. The number of hydrogen-bond acceptors (Lipinski definition) is 5. The number of hydroxylamine groups is 4. The Morgan fingerprint density at radius 3 is 0.863 bits per heavy atom. The van der Waals surface area contributed by atoms with E-state index in [2.05, 4.69) is 126 Å². The van der Waals surface area contributed by atoms with Crippen LogP contribution in [0.15, 0.2) is 60.7 Å². The topological polar surface area (TPSA) is 34.2 Å². The molecule has 0 N–H and O–H groups in total. The lowest BCUT2D eigenvalue weighted by Crippen LogP contribution is -2.74. The van der Waals surface area contributed by atoms with Crippen molar-refractivity contribution in [2.75, 3.05) is 0 Å². The molecule has 5 nitrogen and oxygen atoms in total. The van der Waals surface area contributed by atoms with Crippen LogP contribution in [0.2, 0.25) is 0 Å². The molecule has 0 amide bonds. The van der Waals surface area contributed by atoms with Crippen molar-refractivity contribution in [3.05, 3.63) is 60.7 Å². The highest BCUT2D eigenvalue weighted by Crippen LogP contribution is 2.54. The maximum absolute atomic E-state index is 8.17. The van der Waals surface area contributed by atoms with Gasteiger partial charge in [0.1, 0.15) is 23.7 Å². The van der Waals surface area contributed by atoms with Gasteiger partial charge in [-0.05, 0) is 75.6 Å². The van der Waals surface area contributed by atoms with Gasteiger partial charge in [0.2, 0.25) is 0 Å². The lowest BCUT2D eigenvalue weighted by molar-refractivity contribution is -0.466. The number of para-hydroxylation sites is 2. The standard InChI is InChI=1S/C46H76N2O3/c1-9-27-43(28-10-2)35-41(49-39-23-19-17-20-24-39)36-44(29-11-3,30-12-4)47(43)51-48-45(31-13-5,32-14-6)37-42(50-40-25-21-18-22-26-40)38-46(48,33-15-7)34-16-8/h17-26,41-42H,9-16,27-38H2,1-8H3. The Hall–Kier alpha value is -2.08. The van der Waals surface area contributed by atoms with E-state index < -0.39 is 0 Å². The average Bonchev–Trinajstić information content (AvgIpc) is 3.09. The van der Waals surface area contributed by atoms with Crippen LogP contribution in [0.5, 0.6) is 11.5 Å². The maximum Gasteiger partial charge on any atom is 0.119 e. The van der Waals surface area contributed by atoms with Crippen LogP contribution in [-0.2, 0) is 4.94 Å². The predicted octanol–water partition coefficient (Wildman–Crippen LogP) is 13.3. The third-order valence-corrected chi connectivity index (χ3v) is 12.1. The Labute approximate surface area is 314 Å². The molecule has 2 aromatic carbocycles. The van der Waals surface area contributed by atoms with Crippen LogP contribution in [0.3, 0.4) is 0 Å². The van der Waals surface area contributed by atoms with Crippen molar-refractivity contribution in [3.8, 4) is 11.5 Å². The monoisotopic (exact) mass is 705 g/mol. The van der Waals surface area contributed by atoms with Gasteiger partial charge in [-0.2, -0.15) is 10.1 Å². The van der Waals surface area contributed by atoms with E-state index in [0.29, 0.717) is 0 Å². The Balaban J connectivity index is 1.91. The van der Waals surface area contributed by atoms with Gasteiger partial charge >= 0.3 is 0 Å². The van der Waals surface area contributed by atoms with Crippen molar-refractivity contribution in [2.45, 2.75) is 218 Å². The summed E-state index contributed by atoms with van der Waals surface area (Å²) < 4.78 is 14.0. The Kier molecular flexibility index (Phi) is 16.2. The van der Waals surface area contributed by atoms with Crippen molar-refractivity contribution >= 4 is 0 Å². The molecule has 0 spiro atoms. The van der Waals surface area contributed by atoms with Gasteiger partial charge in [-0.25, -0.2) is 4.94 Å². The first-order valence-corrected chi connectivity index (χ1v) is 21.5. The lowest BCUT2D eigenvalue weighted by Gasteiger charge is -2.65. The fraction of sp³-hybridized carbons (Fsp3) is 0.739. The molecule has 2 fully saturated rings. The van der Waals surface area contributed by atoms with Crippen molar-refractivity contribution in [1.82, 2.24) is 10.1 Å². The fourth-order valence-corrected chi connectivity index (χ4v) is 11.0. The van der Waals surface area contributed by atoms with Gasteiger partial charge < -0.3 is 9.47 Å². The van der Waals surface area contributed by atoms with Crippen molar-refractivity contribution in [1.29, 1.82) is 0 Å². The smallest absolute Gasteiger partial charge is 0.119 e. The van der Waals surface area contributed by atoms with Gasteiger partial charge in [-0.15, -0.1) is 0 Å². The second-order valence-corrected chi connectivity index (χ2v) is 16.5. The first kappa shape index (κ1) is 41.7. The number of hydrogen-bond donors (Lipinski definition) is 0. The highest BCUT2D eigenvalue weighted by Gasteiger charge is 2.61. The molecule has 51 heavy (non-hydrogen) atoms. The zero-order chi connectivity index (χ0) is 36.8. The summed E-state index contributed by atoms with van der Waals surface area (Å²) in [5, 5.41) is 5.42. The molecule has 0 bridgehead atoms. The minimum absolute atomic E-state index is 0.114. The van der Waals surface area contributed by atoms with Crippen LogP contribution in [0, 0.1) is 0 Å². The average molecular weight is 705 g/mol. The summed E-state index contributed by atoms with van der Waals surface area (Å²) in [7, 11) is 0. The Morgan fingerprint density at radius 1 is 0.412 bits per heavy atom. The van der Waals surface area contributed by atoms with Crippen LogP contribution in [0.4, 0.5) is 0 Å². The zero-order valence-electron chi connectivity index (χ0n) is 34.2. The quantitative estimate of drug-likeness (QED) is 0.122. The van der Waals surface area contributed by atoms with E-state index in [4.69, 9.17) is 14.4 Å². The molecule has 288 valence electrons. The summed E-state index contributed by atoms with van der Waals surface area (Å²) in [5.74, 6) is 1.99. The molecule has 4 rings (SSSR count). The Morgan fingerprint density at radius 2 is 0.647 bits per heavy atom. The van der Waals surface area contributed by atoms with Gasteiger partial charge in [0.05, 0.1) is 22.2 Å². The van der Waals surface area contributed by atoms with Gasteiger partial charge in [0.25, 0.3) is 0 Å². The molecule has 0 aromatic heterocycles. The normalized spacial score (nSPS) is 20.7. The van der Waals surface area contributed by atoms with Gasteiger partial charge in [0.15, 0.2) is 0 Å². The molecule has 2 saturated heterocycles. The van der Waals surface area contributed by atoms with Crippen LogP contribution in [0.25, 0.3) is 0 Å². The van der Waals surface area contributed by atoms with E-state index in [-0.39, 0.29) is 34.4 Å². The summed E-state index contributed by atoms with van der Waals surface area (Å²) in [4.78, 5) is 8.17. The number of piperidine rings is 2. The molecular weight excluding hydrogens is 629 g/mol. The highest BCUT2D eigenvalue weighted by molar-refractivity contribution is 5.23. The first-order chi connectivity index (χ1) is 24.8. The SMILES string of the molecule is CCCC1(CCC)CC(Oc2ccccc2)CC(CCC)(CCC)N1ON1C(CCC)(CCC)CC(Oc2ccccc2)CC1(CCC)CCC. The van der Waals surface area contributed by atoms with Crippen molar-refractivity contribution in [3.63, 3.8) is 0 Å². The predicted molar refractivity (Wildman–Crippen MR) is 215 cm³/mol. The van der Waals surface area contributed by atoms with Gasteiger partial charge in [-0.1, -0.05) is 143 Å². The fourth-order valence-electron chi connectivity index (χ4n) is 11.0. The number of ether oxygens (including phenoxy) is 2. The number of rotatable bonds is 22. The van der Waals surface area contributed by atoms with E-state index in [1.54, 1.807) is 0 Å². The van der Waals surface area contributed by atoms with Crippen LogP contribution in [0.1, 0.15) is 184 Å². The minimum Gasteiger partial charge on any atom is -0.490 e. The van der Waals surface area contributed by atoms with E-state index in [0.717, 1.165) is 140 Å². The van der Waals surface area contributed by atoms with Crippen molar-refractivity contribution < 1.29 is 14.4 Å². The molecule has 2 aromatic rings. The molecule has 0 radical (unpaired) electrons. The summed E-state index contributed by atoms with van der Waals surface area (Å²) in [6.45, 7) is 19.0. The second-order valence-electron chi connectivity index (χ2n) is 16.5. The van der Waals surface area contributed by atoms with Crippen LogP contribution >= 0.6 is 0 Å². The van der Waals surface area contributed by atoms with Crippen LogP contribution < -0.4 is 9.47 Å². The third kappa shape index (κ3) is 9.73. The van der Waals surface area contributed by atoms with Gasteiger partial charge in [-0.3, -0.25) is 0 Å². The lowest BCUT2D eigenvalue weighted by atomic mass is 9.69.